The first-order valence-corrected chi connectivity index (χ1v) is 10.4. The molecule has 0 atom stereocenters. The van der Waals surface area contributed by atoms with E-state index in [0.717, 1.165) is 37.3 Å². The molecule has 2 aromatic rings. The minimum atomic E-state index is 0.0739. The second kappa shape index (κ2) is 7.94. The number of aromatic nitrogens is 1. The zero-order chi connectivity index (χ0) is 19.6. The van der Waals surface area contributed by atoms with Crippen LogP contribution in [0.1, 0.15) is 60.6 Å². The van der Waals surface area contributed by atoms with Crippen molar-refractivity contribution in [2.45, 2.75) is 44.9 Å². The first-order chi connectivity index (χ1) is 12.7. The molecule has 0 saturated carbocycles. The van der Waals surface area contributed by atoms with Crippen LogP contribution in [-0.4, -0.2) is 34.0 Å². The summed E-state index contributed by atoms with van der Waals surface area (Å²) in [5, 5.41) is 6.47. The quantitative estimate of drug-likeness (QED) is 0.756. The number of benzene rings is 1. The summed E-state index contributed by atoms with van der Waals surface area (Å²) < 4.78 is 0. The van der Waals surface area contributed by atoms with Gasteiger partial charge in [-0.05, 0) is 49.3 Å². The van der Waals surface area contributed by atoms with Crippen LogP contribution in [0.5, 0.6) is 0 Å². The highest BCUT2D eigenvalue weighted by molar-refractivity contribution is 7.80. The van der Waals surface area contributed by atoms with E-state index in [2.05, 4.69) is 31.5 Å². The van der Waals surface area contributed by atoms with Gasteiger partial charge in [-0.1, -0.05) is 20.8 Å². The van der Waals surface area contributed by atoms with Crippen molar-refractivity contribution in [3.63, 3.8) is 0 Å². The van der Waals surface area contributed by atoms with Crippen molar-refractivity contribution in [1.29, 1.82) is 0 Å². The summed E-state index contributed by atoms with van der Waals surface area (Å²) in [4.78, 5) is 19.5. The van der Waals surface area contributed by atoms with E-state index in [0.29, 0.717) is 11.5 Å². The van der Waals surface area contributed by atoms with Crippen molar-refractivity contribution in [2.24, 2.45) is 5.73 Å². The highest BCUT2D eigenvalue weighted by Gasteiger charge is 2.27. The summed E-state index contributed by atoms with van der Waals surface area (Å²) in [5.41, 5.74) is 8.18. The summed E-state index contributed by atoms with van der Waals surface area (Å²) in [7, 11) is 0. The fourth-order valence-corrected chi connectivity index (χ4v) is 4.51. The number of carbonyl (C=O) groups excluding carboxylic acids is 1. The lowest BCUT2D eigenvalue weighted by Crippen LogP contribution is -2.37. The molecule has 0 spiro atoms. The van der Waals surface area contributed by atoms with Crippen molar-refractivity contribution in [1.82, 2.24) is 9.88 Å². The van der Waals surface area contributed by atoms with Gasteiger partial charge >= 0.3 is 0 Å². The third-order valence-corrected chi connectivity index (χ3v) is 5.93. The van der Waals surface area contributed by atoms with E-state index in [-0.39, 0.29) is 16.4 Å². The minimum absolute atomic E-state index is 0.0739. The van der Waals surface area contributed by atoms with E-state index in [4.69, 9.17) is 22.9 Å². The third-order valence-electron chi connectivity index (χ3n) is 4.82. The molecule has 1 aliphatic heterocycles. The molecule has 3 N–H and O–H groups in total. The molecule has 0 unspecified atom stereocenters. The van der Waals surface area contributed by atoms with E-state index in [1.807, 2.05) is 29.2 Å². The van der Waals surface area contributed by atoms with Gasteiger partial charge in [-0.2, -0.15) is 0 Å². The number of hydrogen-bond donors (Lipinski definition) is 2. The summed E-state index contributed by atoms with van der Waals surface area (Å²) in [6.07, 6.45) is 1.92. The number of nitrogens with two attached hydrogens (primary N) is 1. The Labute approximate surface area is 170 Å². The molecule has 1 aliphatic rings. The van der Waals surface area contributed by atoms with Crippen LogP contribution in [0.3, 0.4) is 0 Å². The van der Waals surface area contributed by atoms with Gasteiger partial charge in [0.25, 0.3) is 5.91 Å². The molecule has 144 valence electrons. The van der Waals surface area contributed by atoms with Gasteiger partial charge in [0.05, 0.1) is 10.7 Å². The first-order valence-electron chi connectivity index (χ1n) is 9.16. The lowest BCUT2D eigenvalue weighted by atomic mass is 9.93. The van der Waals surface area contributed by atoms with E-state index in [9.17, 15) is 4.79 Å². The highest BCUT2D eigenvalue weighted by Crippen LogP contribution is 2.33. The summed E-state index contributed by atoms with van der Waals surface area (Å²) >= 11 is 6.58. The standard InChI is InChI=1S/C20H26N4OS2/c1-20(2,3)16-12-27-17(23-16)13-8-10-24(11-9-13)18(25)14-4-6-15(7-5-14)22-19(21)26/h4-7,12-13H,8-11H2,1-3H3,(H3,21,22,26). The molecule has 27 heavy (non-hydrogen) atoms. The molecular weight excluding hydrogens is 376 g/mol. The second-order valence-electron chi connectivity index (χ2n) is 7.95. The monoisotopic (exact) mass is 402 g/mol. The van der Waals surface area contributed by atoms with Gasteiger partial charge in [-0.15, -0.1) is 11.3 Å². The number of thiazole rings is 1. The van der Waals surface area contributed by atoms with Gasteiger partial charge in [0, 0.05) is 41.1 Å². The van der Waals surface area contributed by atoms with Gasteiger partial charge in [0.2, 0.25) is 0 Å². The van der Waals surface area contributed by atoms with Crippen LogP contribution < -0.4 is 11.1 Å². The van der Waals surface area contributed by atoms with Gasteiger partial charge in [0.1, 0.15) is 0 Å². The number of hydrogen-bond acceptors (Lipinski definition) is 4. The number of piperidine rings is 1. The van der Waals surface area contributed by atoms with Crippen LogP contribution in [0, 0.1) is 0 Å². The first kappa shape index (κ1) is 19.8. The topological polar surface area (TPSA) is 71.2 Å². The number of thiocarbonyl (C=S) groups is 1. The smallest absolute Gasteiger partial charge is 0.253 e. The normalized spacial score (nSPS) is 15.6. The second-order valence-corrected chi connectivity index (χ2v) is 9.28. The fraction of sp³-hybridized carbons (Fsp3) is 0.450. The van der Waals surface area contributed by atoms with Crippen LogP contribution in [-0.2, 0) is 5.41 Å². The number of anilines is 1. The molecule has 5 nitrogen and oxygen atoms in total. The lowest BCUT2D eigenvalue weighted by molar-refractivity contribution is 0.0713. The average molecular weight is 403 g/mol. The van der Waals surface area contributed by atoms with Gasteiger partial charge < -0.3 is 16.0 Å². The zero-order valence-electron chi connectivity index (χ0n) is 16.0. The number of rotatable bonds is 3. The maximum Gasteiger partial charge on any atom is 0.253 e. The number of nitrogens with one attached hydrogen (secondary N) is 1. The van der Waals surface area contributed by atoms with Crippen molar-refractivity contribution in [3.8, 4) is 0 Å². The summed E-state index contributed by atoms with van der Waals surface area (Å²) in [5.74, 6) is 0.525. The Balaban J connectivity index is 1.59. The molecule has 1 saturated heterocycles. The molecule has 0 bridgehead atoms. The lowest BCUT2D eigenvalue weighted by Gasteiger charge is -2.31. The Bertz CT molecular complexity index is 815. The average Bonchev–Trinajstić information content (AvgIpc) is 3.12. The van der Waals surface area contributed by atoms with E-state index in [1.54, 1.807) is 11.3 Å². The third kappa shape index (κ3) is 4.84. The van der Waals surface area contributed by atoms with Crippen molar-refractivity contribution < 1.29 is 4.79 Å². The Morgan fingerprint density at radius 3 is 2.41 bits per heavy atom. The van der Waals surface area contributed by atoms with E-state index >= 15 is 0 Å². The molecule has 1 amide bonds. The van der Waals surface area contributed by atoms with Gasteiger partial charge in [-0.25, -0.2) is 4.98 Å². The molecule has 0 aliphatic carbocycles. The Hall–Kier alpha value is -1.99. The predicted molar refractivity (Wildman–Crippen MR) is 116 cm³/mol. The van der Waals surface area contributed by atoms with E-state index < -0.39 is 0 Å². The molecule has 0 radical (unpaired) electrons. The number of nitrogens with zero attached hydrogens (tertiary/aromatic N) is 2. The van der Waals surface area contributed by atoms with Crippen LogP contribution in [0.25, 0.3) is 0 Å². The van der Waals surface area contributed by atoms with Crippen LogP contribution in [0.15, 0.2) is 29.6 Å². The van der Waals surface area contributed by atoms with Gasteiger partial charge in [-0.3, -0.25) is 4.79 Å². The van der Waals surface area contributed by atoms with Crippen molar-refractivity contribution >= 4 is 40.3 Å². The van der Waals surface area contributed by atoms with Crippen molar-refractivity contribution in [3.05, 3.63) is 45.9 Å². The largest absolute Gasteiger partial charge is 0.376 e. The SMILES string of the molecule is CC(C)(C)c1csc(C2CCN(C(=O)c3ccc(NC(N)=S)cc3)CC2)n1. The number of carbonyl (C=O) groups is 1. The minimum Gasteiger partial charge on any atom is -0.376 e. The highest BCUT2D eigenvalue weighted by atomic mass is 32.1. The zero-order valence-corrected chi connectivity index (χ0v) is 17.6. The van der Waals surface area contributed by atoms with Crippen molar-refractivity contribution in [2.75, 3.05) is 18.4 Å². The number of likely N-dealkylation sites (tertiary alicyclic amines) is 1. The predicted octanol–water partition coefficient (Wildman–Crippen LogP) is 4.12. The molecule has 7 heteroatoms. The van der Waals surface area contributed by atoms with Crippen LogP contribution in [0.2, 0.25) is 0 Å². The maximum absolute atomic E-state index is 12.8. The maximum atomic E-state index is 12.8. The summed E-state index contributed by atoms with van der Waals surface area (Å²) in [6.45, 7) is 8.10. The van der Waals surface area contributed by atoms with Crippen LogP contribution >= 0.6 is 23.6 Å². The van der Waals surface area contributed by atoms with Crippen LogP contribution in [0.4, 0.5) is 5.69 Å². The van der Waals surface area contributed by atoms with Gasteiger partial charge in [0.15, 0.2) is 5.11 Å². The molecule has 1 aromatic heterocycles. The molecule has 1 aromatic carbocycles. The Kier molecular flexibility index (Phi) is 5.81. The molecule has 2 heterocycles. The Morgan fingerprint density at radius 2 is 1.89 bits per heavy atom. The Morgan fingerprint density at radius 1 is 1.26 bits per heavy atom. The summed E-state index contributed by atoms with van der Waals surface area (Å²) in [6, 6.07) is 7.27. The molecule has 3 rings (SSSR count). The van der Waals surface area contributed by atoms with E-state index in [1.165, 1.54) is 5.01 Å². The number of amides is 1. The fourth-order valence-electron chi connectivity index (χ4n) is 3.17. The molecule has 1 fully saturated rings. The molecular formula is C20H26N4OS2.